The Morgan fingerprint density at radius 2 is 1.76 bits per heavy atom. The topological polar surface area (TPSA) is 82.6 Å². The molecule has 1 unspecified atom stereocenters. The molecule has 0 radical (unpaired) electrons. The monoisotopic (exact) mass is 548 g/mol. The van der Waals surface area contributed by atoms with E-state index in [1.807, 2.05) is 0 Å². The van der Waals surface area contributed by atoms with Gasteiger partial charge in [0.25, 0.3) is 11.8 Å². The van der Waals surface area contributed by atoms with Gasteiger partial charge in [-0.25, -0.2) is 9.69 Å². The first kappa shape index (κ1) is 26.5. The number of pyridine rings is 1. The first-order valence-corrected chi connectivity index (χ1v) is 12.2. The number of aromatic nitrogens is 1. The molecular weight excluding hydrogens is 529 g/mol. The zero-order chi connectivity index (χ0) is 26.7. The number of hydrogen-bond acceptors (Lipinski definition) is 5. The average Bonchev–Trinajstić information content (AvgIpc) is 3.06. The summed E-state index contributed by atoms with van der Waals surface area (Å²) in [5.74, 6) is -0.928. The molecule has 0 bridgehead atoms. The summed E-state index contributed by atoms with van der Waals surface area (Å²) in [6, 6.07) is 12.1. The fourth-order valence-electron chi connectivity index (χ4n) is 3.78. The quantitative estimate of drug-likeness (QED) is 0.305. The SMILES string of the molecule is CC1C(=O)N(c2ccc(SC(F)(F)F)cc2)C(=O)N1Cc1ccncc1C(=O)NCc1ccc(Cl)cc1. The number of thioether (sulfide) groups is 1. The predicted octanol–water partition coefficient (Wildman–Crippen LogP) is 5.63. The van der Waals surface area contributed by atoms with Crippen LogP contribution in [-0.2, 0) is 17.9 Å². The molecule has 0 aliphatic carbocycles. The van der Waals surface area contributed by atoms with Crippen LogP contribution in [0.3, 0.4) is 0 Å². The van der Waals surface area contributed by atoms with Crippen molar-refractivity contribution in [2.75, 3.05) is 4.90 Å². The fraction of sp³-hybridized carbons (Fsp3) is 0.200. The first-order valence-electron chi connectivity index (χ1n) is 11.0. The summed E-state index contributed by atoms with van der Waals surface area (Å²) >= 11 is 5.60. The van der Waals surface area contributed by atoms with Crippen molar-refractivity contribution in [3.05, 3.63) is 88.7 Å². The molecule has 4 amide bonds. The maximum atomic E-state index is 13.2. The normalized spacial score (nSPS) is 15.9. The van der Waals surface area contributed by atoms with E-state index in [2.05, 4.69) is 10.3 Å². The van der Waals surface area contributed by atoms with Gasteiger partial charge in [0.05, 0.1) is 11.3 Å². The van der Waals surface area contributed by atoms with E-state index in [0.29, 0.717) is 10.6 Å². The Morgan fingerprint density at radius 3 is 2.41 bits per heavy atom. The minimum Gasteiger partial charge on any atom is -0.348 e. The molecule has 7 nitrogen and oxygen atoms in total. The molecular formula is C25H20ClF3N4O3S. The van der Waals surface area contributed by atoms with Crippen LogP contribution in [0.2, 0.25) is 5.02 Å². The van der Waals surface area contributed by atoms with Crippen LogP contribution in [0, 0.1) is 0 Å². The third kappa shape index (κ3) is 6.23. The molecule has 2 aromatic carbocycles. The maximum Gasteiger partial charge on any atom is 0.446 e. The minimum atomic E-state index is -4.45. The van der Waals surface area contributed by atoms with E-state index < -0.39 is 29.4 Å². The van der Waals surface area contributed by atoms with Crippen molar-refractivity contribution in [1.29, 1.82) is 0 Å². The third-order valence-corrected chi connectivity index (χ3v) is 6.67. The summed E-state index contributed by atoms with van der Waals surface area (Å²) in [6.45, 7) is 1.75. The van der Waals surface area contributed by atoms with Crippen LogP contribution in [0.15, 0.2) is 71.9 Å². The number of urea groups is 1. The Bertz CT molecular complexity index is 1320. The molecule has 1 aromatic heterocycles. The van der Waals surface area contributed by atoms with E-state index in [9.17, 15) is 27.6 Å². The Kier molecular flexibility index (Phi) is 7.74. The van der Waals surface area contributed by atoms with Crippen molar-refractivity contribution in [2.24, 2.45) is 0 Å². The lowest BCUT2D eigenvalue weighted by Gasteiger charge is -2.21. The van der Waals surface area contributed by atoms with E-state index in [0.717, 1.165) is 10.5 Å². The second-order valence-electron chi connectivity index (χ2n) is 8.14. The van der Waals surface area contributed by atoms with Gasteiger partial charge in [0, 0.05) is 35.4 Å². The van der Waals surface area contributed by atoms with E-state index in [4.69, 9.17) is 11.6 Å². The minimum absolute atomic E-state index is 0.0452. The summed E-state index contributed by atoms with van der Waals surface area (Å²) in [4.78, 5) is 45.2. The van der Waals surface area contributed by atoms with Crippen LogP contribution in [0.1, 0.15) is 28.4 Å². The largest absolute Gasteiger partial charge is 0.446 e. The fourth-order valence-corrected chi connectivity index (χ4v) is 4.44. The summed E-state index contributed by atoms with van der Waals surface area (Å²) in [5.41, 5.74) is -2.72. The molecule has 1 atom stereocenters. The summed E-state index contributed by atoms with van der Waals surface area (Å²) in [6.07, 6.45) is 2.86. The number of imide groups is 1. The van der Waals surface area contributed by atoms with E-state index in [-0.39, 0.29) is 41.0 Å². The van der Waals surface area contributed by atoms with Crippen molar-refractivity contribution in [2.45, 2.75) is 36.5 Å². The van der Waals surface area contributed by atoms with E-state index in [1.54, 1.807) is 37.3 Å². The van der Waals surface area contributed by atoms with Crippen molar-refractivity contribution in [1.82, 2.24) is 15.2 Å². The number of alkyl halides is 3. The van der Waals surface area contributed by atoms with Crippen LogP contribution in [0.25, 0.3) is 0 Å². The summed E-state index contributed by atoms with van der Waals surface area (Å²) < 4.78 is 37.8. The number of rotatable bonds is 7. The van der Waals surface area contributed by atoms with Crippen LogP contribution < -0.4 is 10.2 Å². The number of hydrogen-bond donors (Lipinski definition) is 1. The van der Waals surface area contributed by atoms with Gasteiger partial charge in [-0.05, 0) is 72.3 Å². The second kappa shape index (κ2) is 10.8. The molecule has 1 aliphatic heterocycles. The van der Waals surface area contributed by atoms with E-state index >= 15 is 0 Å². The highest BCUT2D eigenvalue weighted by Gasteiger charge is 2.43. The first-order chi connectivity index (χ1) is 17.5. The van der Waals surface area contributed by atoms with Gasteiger partial charge in [0.1, 0.15) is 6.04 Å². The van der Waals surface area contributed by atoms with Crippen molar-refractivity contribution >= 4 is 46.9 Å². The van der Waals surface area contributed by atoms with Crippen LogP contribution in [0.5, 0.6) is 0 Å². The molecule has 1 fully saturated rings. The number of halogens is 4. The van der Waals surface area contributed by atoms with Crippen LogP contribution in [0.4, 0.5) is 23.7 Å². The van der Waals surface area contributed by atoms with Crippen molar-refractivity contribution in [3.63, 3.8) is 0 Å². The van der Waals surface area contributed by atoms with Crippen LogP contribution in [-0.4, -0.2) is 39.3 Å². The van der Waals surface area contributed by atoms with Gasteiger partial charge in [0.15, 0.2) is 0 Å². The Hall–Kier alpha value is -3.57. The van der Waals surface area contributed by atoms with Gasteiger partial charge in [-0.1, -0.05) is 23.7 Å². The molecule has 12 heteroatoms. The highest BCUT2D eigenvalue weighted by molar-refractivity contribution is 8.00. The lowest BCUT2D eigenvalue weighted by atomic mass is 10.1. The highest BCUT2D eigenvalue weighted by atomic mass is 35.5. The van der Waals surface area contributed by atoms with Crippen molar-refractivity contribution in [3.8, 4) is 0 Å². The van der Waals surface area contributed by atoms with Gasteiger partial charge < -0.3 is 10.2 Å². The molecule has 37 heavy (non-hydrogen) atoms. The molecule has 1 aliphatic rings. The smallest absolute Gasteiger partial charge is 0.348 e. The predicted molar refractivity (Wildman–Crippen MR) is 133 cm³/mol. The molecule has 0 saturated carbocycles. The maximum absolute atomic E-state index is 13.2. The highest BCUT2D eigenvalue weighted by Crippen LogP contribution is 2.38. The molecule has 3 aromatic rings. The number of nitrogens with zero attached hydrogens (tertiary/aromatic N) is 3. The van der Waals surface area contributed by atoms with Gasteiger partial charge in [-0.15, -0.1) is 0 Å². The van der Waals surface area contributed by atoms with Gasteiger partial charge in [-0.2, -0.15) is 13.2 Å². The number of carbonyl (C=O) groups is 3. The number of benzene rings is 2. The molecule has 192 valence electrons. The lowest BCUT2D eigenvalue weighted by Crippen LogP contribution is -2.34. The van der Waals surface area contributed by atoms with Gasteiger partial charge in [-0.3, -0.25) is 14.6 Å². The number of nitrogens with one attached hydrogen (secondary N) is 1. The molecule has 2 heterocycles. The third-order valence-electron chi connectivity index (χ3n) is 5.67. The number of carbonyl (C=O) groups excluding carboxylic acids is 3. The second-order valence-corrected chi connectivity index (χ2v) is 9.72. The average molecular weight is 549 g/mol. The van der Waals surface area contributed by atoms with Crippen molar-refractivity contribution < 1.29 is 27.6 Å². The number of amides is 4. The zero-order valence-electron chi connectivity index (χ0n) is 19.3. The molecule has 1 saturated heterocycles. The molecule has 0 spiro atoms. The number of anilines is 1. The standard InChI is InChI=1S/C25H20ClF3N4O3S/c1-15-23(35)33(19-6-8-20(9-7-19)37-25(27,28)29)24(36)32(15)14-17-10-11-30-13-21(17)22(34)31-12-16-2-4-18(26)5-3-16/h2-11,13,15H,12,14H2,1H3,(H,31,34). The summed E-state index contributed by atoms with van der Waals surface area (Å²) in [7, 11) is 0. The molecule has 1 N–H and O–H groups in total. The Labute approximate surface area is 219 Å². The Balaban J connectivity index is 1.49. The zero-order valence-corrected chi connectivity index (χ0v) is 20.9. The van der Waals surface area contributed by atoms with E-state index in [1.165, 1.54) is 41.6 Å². The Morgan fingerprint density at radius 1 is 1.08 bits per heavy atom. The van der Waals surface area contributed by atoms with Gasteiger partial charge in [0.2, 0.25) is 0 Å². The lowest BCUT2D eigenvalue weighted by molar-refractivity contribution is -0.119. The van der Waals surface area contributed by atoms with Crippen LogP contribution >= 0.6 is 23.4 Å². The van der Waals surface area contributed by atoms with Gasteiger partial charge >= 0.3 is 11.5 Å². The molecule has 4 rings (SSSR count). The summed E-state index contributed by atoms with van der Waals surface area (Å²) in [5, 5.41) is 3.38.